The van der Waals surface area contributed by atoms with Crippen LogP contribution >= 0.6 is 0 Å². The van der Waals surface area contributed by atoms with E-state index in [0.29, 0.717) is 5.56 Å². The summed E-state index contributed by atoms with van der Waals surface area (Å²) in [5.74, 6) is 0. The molecule has 0 saturated carbocycles. The highest BCUT2D eigenvalue weighted by molar-refractivity contribution is 6.27. The highest BCUT2D eigenvalue weighted by atomic mass is 15.1. The van der Waals surface area contributed by atoms with Crippen LogP contribution < -0.4 is 4.90 Å². The van der Waals surface area contributed by atoms with Crippen molar-refractivity contribution in [2.24, 2.45) is 0 Å². The average molecular weight is 749 g/mol. The summed E-state index contributed by atoms with van der Waals surface area (Å²) in [5.41, 5.74) is 8.98. The maximum atomic E-state index is 9.63. The Morgan fingerprint density at radius 2 is 0.814 bits per heavy atom. The lowest BCUT2D eigenvalue weighted by Gasteiger charge is -2.37. The van der Waals surface area contributed by atoms with Crippen molar-refractivity contribution in [3.63, 3.8) is 0 Å². The topological polar surface area (TPSA) is 27.0 Å². The molecule has 0 aliphatic carbocycles. The molecule has 1 aliphatic rings. The third-order valence-electron chi connectivity index (χ3n) is 12.9. The Bertz CT molecular complexity index is 3570. The summed E-state index contributed by atoms with van der Waals surface area (Å²) in [6, 6.07) is 71.0. The van der Waals surface area contributed by atoms with E-state index < -0.39 is 0 Å². The van der Waals surface area contributed by atoms with Crippen molar-refractivity contribution in [3.05, 3.63) is 216 Å². The standard InChI is InChI=1S/C57H36N2/c1-59-56(38-27-29-49-44-17-5-3-13-40(44)42-15-7-9-19-46(42)54(49)31-38)33-52(37-26-28-48-43-16-4-2-12-39(43)41-14-6-8-18-45(41)53(48)30-37)55-32-51(36-24-22-35(34-58)23-25-36)47-20-10-11-21-50(47)57(55)59/h2-33,56H,1H3. The van der Waals surface area contributed by atoms with E-state index in [1.807, 2.05) is 12.1 Å². The number of nitrogens with zero attached hydrogens (tertiary/aromatic N) is 2. The number of hydrogen-bond acceptors (Lipinski definition) is 2. The fourth-order valence-electron chi connectivity index (χ4n) is 10.2. The molecule has 0 fully saturated rings. The van der Waals surface area contributed by atoms with Crippen LogP contribution in [0.3, 0.4) is 0 Å². The van der Waals surface area contributed by atoms with Gasteiger partial charge in [0, 0.05) is 18.0 Å². The molecular weight excluding hydrogens is 713 g/mol. The summed E-state index contributed by atoms with van der Waals surface area (Å²) in [6.07, 6.45) is 2.49. The molecule has 1 aliphatic heterocycles. The average Bonchev–Trinajstić information content (AvgIpc) is 3.31. The lowest BCUT2D eigenvalue weighted by Crippen LogP contribution is -2.27. The molecule has 59 heavy (non-hydrogen) atoms. The van der Waals surface area contributed by atoms with E-state index in [-0.39, 0.29) is 6.04 Å². The van der Waals surface area contributed by atoms with Crippen LogP contribution in [0.5, 0.6) is 0 Å². The Morgan fingerprint density at radius 1 is 0.390 bits per heavy atom. The van der Waals surface area contributed by atoms with Crippen molar-refractivity contribution in [1.82, 2.24) is 0 Å². The first-order valence-electron chi connectivity index (χ1n) is 20.3. The minimum absolute atomic E-state index is 0.0413. The SMILES string of the molecule is CN1c2c(cc(-c3ccc(C#N)cc3)c3ccccc23)C(c2ccc3c4ccccc4c4ccccc4c3c2)=CC1c1ccc2c3ccccc3c3ccccc3c2c1. The van der Waals surface area contributed by atoms with E-state index in [1.165, 1.54) is 103 Å². The molecule has 0 radical (unpaired) electrons. The predicted octanol–water partition coefficient (Wildman–Crippen LogP) is 14.9. The van der Waals surface area contributed by atoms with Crippen molar-refractivity contribution in [2.45, 2.75) is 6.04 Å². The summed E-state index contributed by atoms with van der Waals surface area (Å²) in [6.45, 7) is 0. The minimum Gasteiger partial charge on any atom is -0.363 e. The second-order valence-corrected chi connectivity index (χ2v) is 15.9. The fourth-order valence-corrected chi connectivity index (χ4v) is 10.2. The van der Waals surface area contributed by atoms with Crippen LogP contribution in [-0.4, -0.2) is 7.05 Å². The molecule has 12 rings (SSSR count). The first-order chi connectivity index (χ1) is 29.1. The molecule has 11 aromatic carbocycles. The summed E-state index contributed by atoms with van der Waals surface area (Å²) in [4.78, 5) is 2.48. The van der Waals surface area contributed by atoms with Gasteiger partial charge in [-0.15, -0.1) is 0 Å². The first-order valence-corrected chi connectivity index (χ1v) is 20.3. The highest BCUT2D eigenvalue weighted by Crippen LogP contribution is 2.50. The molecule has 0 saturated heterocycles. The summed E-state index contributed by atoms with van der Waals surface area (Å²) in [7, 11) is 2.26. The Hall–Kier alpha value is -7.73. The fraction of sp³-hybridized carbons (Fsp3) is 0.0351. The first kappa shape index (κ1) is 33.4. The van der Waals surface area contributed by atoms with Gasteiger partial charge in [0.15, 0.2) is 0 Å². The lowest BCUT2D eigenvalue weighted by molar-refractivity contribution is 0.806. The third kappa shape index (κ3) is 4.99. The Labute approximate surface area is 342 Å². The number of anilines is 1. The predicted molar refractivity (Wildman–Crippen MR) is 250 cm³/mol. The van der Waals surface area contributed by atoms with E-state index in [0.717, 1.165) is 11.1 Å². The molecule has 0 N–H and O–H groups in total. The second kappa shape index (κ2) is 12.9. The van der Waals surface area contributed by atoms with Crippen molar-refractivity contribution >= 4 is 86.7 Å². The van der Waals surface area contributed by atoms with Crippen LogP contribution in [0.15, 0.2) is 194 Å². The molecule has 0 amide bonds. The van der Waals surface area contributed by atoms with Crippen molar-refractivity contribution in [1.29, 1.82) is 5.26 Å². The number of nitriles is 1. The van der Waals surface area contributed by atoms with Crippen molar-refractivity contribution < 1.29 is 0 Å². The lowest BCUT2D eigenvalue weighted by atomic mass is 9.82. The van der Waals surface area contributed by atoms with Gasteiger partial charge in [0.25, 0.3) is 0 Å². The van der Waals surface area contributed by atoms with Gasteiger partial charge in [0.05, 0.1) is 23.4 Å². The van der Waals surface area contributed by atoms with Crippen LogP contribution in [0.4, 0.5) is 5.69 Å². The monoisotopic (exact) mass is 748 g/mol. The molecule has 11 aromatic rings. The van der Waals surface area contributed by atoms with Gasteiger partial charge in [0.1, 0.15) is 0 Å². The third-order valence-corrected chi connectivity index (χ3v) is 12.9. The molecule has 0 bridgehead atoms. The van der Waals surface area contributed by atoms with Gasteiger partial charge in [-0.2, -0.15) is 5.26 Å². The Morgan fingerprint density at radius 3 is 1.34 bits per heavy atom. The molecule has 2 nitrogen and oxygen atoms in total. The summed E-state index contributed by atoms with van der Waals surface area (Å²) in [5, 5.41) is 27.3. The van der Waals surface area contributed by atoms with E-state index in [9.17, 15) is 5.26 Å². The van der Waals surface area contributed by atoms with E-state index in [2.05, 4.69) is 200 Å². The molecule has 1 unspecified atom stereocenters. The Balaban J connectivity index is 1.15. The Kier molecular flexibility index (Phi) is 7.30. The molecule has 0 spiro atoms. The van der Waals surface area contributed by atoms with Gasteiger partial charge < -0.3 is 4.90 Å². The maximum absolute atomic E-state index is 9.63. The van der Waals surface area contributed by atoms with Crippen molar-refractivity contribution in [2.75, 3.05) is 11.9 Å². The molecule has 1 atom stereocenters. The highest BCUT2D eigenvalue weighted by Gasteiger charge is 2.30. The summed E-state index contributed by atoms with van der Waals surface area (Å²) < 4.78 is 0. The quantitative estimate of drug-likeness (QED) is 0.168. The van der Waals surface area contributed by atoms with E-state index in [4.69, 9.17) is 0 Å². The zero-order valence-electron chi connectivity index (χ0n) is 32.4. The number of fused-ring (bicyclic) bond motifs is 15. The van der Waals surface area contributed by atoms with E-state index >= 15 is 0 Å². The zero-order valence-corrected chi connectivity index (χ0v) is 32.4. The number of rotatable bonds is 3. The van der Waals surface area contributed by atoms with Gasteiger partial charge in [-0.3, -0.25) is 0 Å². The van der Waals surface area contributed by atoms with Gasteiger partial charge in [0.2, 0.25) is 0 Å². The second-order valence-electron chi connectivity index (χ2n) is 15.9. The van der Waals surface area contributed by atoms with Crippen LogP contribution in [0.2, 0.25) is 0 Å². The summed E-state index contributed by atoms with van der Waals surface area (Å²) >= 11 is 0. The van der Waals surface area contributed by atoms with Crippen LogP contribution in [-0.2, 0) is 0 Å². The molecule has 1 heterocycles. The number of hydrogen-bond donors (Lipinski definition) is 0. The van der Waals surface area contributed by atoms with Gasteiger partial charge in [-0.05, 0) is 134 Å². The zero-order chi connectivity index (χ0) is 39.2. The van der Waals surface area contributed by atoms with Gasteiger partial charge in [-0.1, -0.05) is 158 Å². The van der Waals surface area contributed by atoms with Gasteiger partial charge >= 0.3 is 0 Å². The van der Waals surface area contributed by atoms with E-state index in [1.54, 1.807) is 0 Å². The largest absolute Gasteiger partial charge is 0.363 e. The molecule has 2 heteroatoms. The molecular formula is C57H36N2. The van der Waals surface area contributed by atoms with Crippen LogP contribution in [0.1, 0.15) is 28.3 Å². The van der Waals surface area contributed by atoms with Gasteiger partial charge in [-0.25, -0.2) is 0 Å². The maximum Gasteiger partial charge on any atom is 0.0991 e. The molecule has 274 valence electrons. The number of likely N-dealkylation sites (N-methyl/N-ethyl adjacent to an activating group) is 1. The normalized spacial score (nSPS) is 14.1. The van der Waals surface area contributed by atoms with Crippen LogP contribution in [0, 0.1) is 11.3 Å². The number of benzene rings is 11. The minimum atomic E-state index is -0.0413. The molecule has 0 aromatic heterocycles. The van der Waals surface area contributed by atoms with Crippen molar-refractivity contribution in [3.8, 4) is 17.2 Å². The van der Waals surface area contributed by atoms with Crippen LogP contribution in [0.25, 0.3) is 92.1 Å². The smallest absolute Gasteiger partial charge is 0.0991 e.